The molecule has 0 bridgehead atoms. The molecular weight excluding hydrogens is 438 g/mol. The van der Waals surface area contributed by atoms with Gasteiger partial charge < -0.3 is 10.1 Å². The minimum atomic E-state index is -0.851. The molecule has 0 spiro atoms. The number of nitriles is 1. The van der Waals surface area contributed by atoms with E-state index in [1.54, 1.807) is 18.5 Å². The molecule has 0 saturated carbocycles. The van der Waals surface area contributed by atoms with Crippen molar-refractivity contribution in [3.63, 3.8) is 0 Å². The third-order valence-corrected chi connectivity index (χ3v) is 6.55. The van der Waals surface area contributed by atoms with Gasteiger partial charge in [0, 0.05) is 25.4 Å². The largest absolute Gasteiger partial charge is 0.347 e. The van der Waals surface area contributed by atoms with Gasteiger partial charge in [0.1, 0.15) is 18.5 Å². The molecule has 2 aliphatic rings. The first kappa shape index (κ1) is 22.7. The molecule has 2 aromatic carbocycles. The summed E-state index contributed by atoms with van der Waals surface area (Å²) in [6, 6.07) is 12.9. The molecule has 35 heavy (non-hydrogen) atoms. The van der Waals surface area contributed by atoms with E-state index in [9.17, 15) is 15.3 Å². The van der Waals surface area contributed by atoms with Gasteiger partial charge in [-0.3, -0.25) is 4.79 Å². The van der Waals surface area contributed by atoms with Crippen LogP contribution < -0.4 is 0 Å². The molecule has 5 rings (SSSR count). The minimum absolute atomic E-state index is 0.148. The molecule has 1 aromatic heterocycles. The van der Waals surface area contributed by atoms with Crippen molar-refractivity contribution < 1.29 is 10.0 Å². The van der Waals surface area contributed by atoms with Crippen LogP contribution in [0.3, 0.4) is 0 Å². The summed E-state index contributed by atoms with van der Waals surface area (Å²) in [5, 5.41) is 21.9. The van der Waals surface area contributed by atoms with Gasteiger partial charge in [0.05, 0.1) is 17.3 Å². The van der Waals surface area contributed by atoms with Gasteiger partial charge >= 0.3 is 0 Å². The Morgan fingerprint density at radius 3 is 2.69 bits per heavy atom. The second kappa shape index (κ2) is 9.26. The summed E-state index contributed by atoms with van der Waals surface area (Å²) in [5.74, 6) is -0.148. The zero-order valence-electron chi connectivity index (χ0n) is 19.6. The van der Waals surface area contributed by atoms with Crippen LogP contribution in [0.4, 0.5) is 0 Å². The first-order chi connectivity index (χ1) is 17.0. The van der Waals surface area contributed by atoms with Crippen LogP contribution in [0.1, 0.15) is 33.9 Å². The fourth-order valence-electron chi connectivity index (χ4n) is 4.95. The van der Waals surface area contributed by atoms with E-state index < -0.39 is 12.2 Å². The van der Waals surface area contributed by atoms with Crippen molar-refractivity contribution in [1.82, 2.24) is 19.9 Å². The molecule has 2 atom stereocenters. The van der Waals surface area contributed by atoms with Crippen molar-refractivity contribution in [3.05, 3.63) is 107 Å². The van der Waals surface area contributed by atoms with E-state index in [4.69, 9.17) is 0 Å². The Bertz CT molecular complexity index is 1390. The molecule has 1 N–H and O–H groups in total. The molecular formula is C28H25N5O2. The molecule has 2 unspecified atom stereocenters. The molecule has 7 nitrogen and oxygen atoms in total. The van der Waals surface area contributed by atoms with E-state index in [-0.39, 0.29) is 5.78 Å². The van der Waals surface area contributed by atoms with E-state index in [0.717, 1.165) is 33.4 Å². The fourth-order valence-corrected chi connectivity index (χ4v) is 4.95. The van der Waals surface area contributed by atoms with E-state index in [1.807, 2.05) is 61.2 Å². The average Bonchev–Trinajstić information content (AvgIpc) is 2.87. The van der Waals surface area contributed by atoms with Gasteiger partial charge in [0.2, 0.25) is 5.78 Å². The summed E-state index contributed by atoms with van der Waals surface area (Å²) < 4.78 is 0. The second-order valence-electron chi connectivity index (χ2n) is 8.98. The Hall–Kier alpha value is -4.12. The van der Waals surface area contributed by atoms with Crippen LogP contribution in [0.2, 0.25) is 0 Å². The van der Waals surface area contributed by atoms with Gasteiger partial charge in [-0.25, -0.2) is 9.97 Å². The van der Waals surface area contributed by atoms with Crippen molar-refractivity contribution in [1.29, 1.82) is 5.26 Å². The summed E-state index contributed by atoms with van der Waals surface area (Å²) >= 11 is 0. The van der Waals surface area contributed by atoms with Crippen molar-refractivity contribution in [2.24, 2.45) is 0 Å². The zero-order chi connectivity index (χ0) is 24.5. The summed E-state index contributed by atoms with van der Waals surface area (Å²) in [6.07, 6.45) is 10.6. The maximum Gasteiger partial charge on any atom is 0.202 e. The maximum atomic E-state index is 13.7. The lowest BCUT2D eigenvalue weighted by molar-refractivity contribution is -0.209. The topological polar surface area (TPSA) is 93.3 Å². The monoisotopic (exact) mass is 463 g/mol. The summed E-state index contributed by atoms with van der Waals surface area (Å²) in [4.78, 5) is 23.8. The van der Waals surface area contributed by atoms with Crippen molar-refractivity contribution in [2.45, 2.75) is 32.5 Å². The Morgan fingerprint density at radius 1 is 1.14 bits per heavy atom. The number of Topliss-reactive ketones (excluding diaryl/α,β-unsaturated/α-hetero) is 1. The van der Waals surface area contributed by atoms with Gasteiger partial charge in [-0.2, -0.15) is 10.3 Å². The van der Waals surface area contributed by atoms with Crippen LogP contribution in [0.5, 0.6) is 0 Å². The van der Waals surface area contributed by atoms with E-state index in [1.165, 1.54) is 11.4 Å². The molecule has 1 saturated heterocycles. The zero-order valence-corrected chi connectivity index (χ0v) is 19.6. The number of fused-ring (bicyclic) bond motifs is 1. The number of aromatic nitrogens is 2. The lowest BCUT2D eigenvalue weighted by atomic mass is 9.89. The lowest BCUT2D eigenvalue weighted by Gasteiger charge is -2.47. The number of aryl methyl sites for hydroxylation is 2. The SMILES string of the molecule is Cc1cc(-c2ccc(C#N)cc2C)cc(C2C(=O)C3=CC=CCN3C(Cc3cncnc3)N2O)c1. The molecule has 0 aliphatic carbocycles. The quantitative estimate of drug-likeness (QED) is 0.617. The van der Waals surface area contributed by atoms with Crippen LogP contribution in [0, 0.1) is 25.2 Å². The standard InChI is InChI=1S/C28H25N5O2/c1-18-9-22(24-7-6-20(14-29)11-19(24)2)13-23(10-18)27-28(34)25-5-3-4-8-32(25)26(33(27)35)12-21-15-30-17-31-16-21/h3-7,9-11,13,15-17,26-27,35H,8,12H2,1-2H3. The summed E-state index contributed by atoms with van der Waals surface area (Å²) in [7, 11) is 0. The third-order valence-electron chi connectivity index (χ3n) is 6.55. The highest BCUT2D eigenvalue weighted by molar-refractivity contribution is 6.01. The van der Waals surface area contributed by atoms with Crippen LogP contribution in [-0.2, 0) is 11.2 Å². The molecule has 0 radical (unpaired) electrons. The van der Waals surface area contributed by atoms with Crippen LogP contribution in [-0.4, -0.2) is 43.6 Å². The van der Waals surface area contributed by atoms with E-state index >= 15 is 0 Å². The Balaban J connectivity index is 1.58. The predicted molar refractivity (Wildman–Crippen MR) is 131 cm³/mol. The number of hydroxylamine groups is 2. The Kier molecular flexibility index (Phi) is 6.00. The van der Waals surface area contributed by atoms with Gasteiger partial charge in [0.25, 0.3) is 0 Å². The number of nitrogens with zero attached hydrogens (tertiary/aromatic N) is 5. The van der Waals surface area contributed by atoms with Gasteiger partial charge in [-0.05, 0) is 65.9 Å². The smallest absolute Gasteiger partial charge is 0.202 e. The number of benzene rings is 2. The summed E-state index contributed by atoms with van der Waals surface area (Å²) in [6.45, 7) is 4.48. The number of ketones is 1. The predicted octanol–water partition coefficient (Wildman–Crippen LogP) is 4.27. The highest BCUT2D eigenvalue weighted by Gasteiger charge is 2.44. The molecule has 3 heterocycles. The molecule has 2 aliphatic heterocycles. The molecule has 0 amide bonds. The number of allylic oxidation sites excluding steroid dienone is 2. The molecule has 3 aromatic rings. The Morgan fingerprint density at radius 2 is 1.94 bits per heavy atom. The lowest BCUT2D eigenvalue weighted by Crippen LogP contribution is -2.57. The number of hydrogen-bond donors (Lipinski definition) is 1. The average molecular weight is 464 g/mol. The maximum absolute atomic E-state index is 13.7. The van der Waals surface area contributed by atoms with Gasteiger partial charge in [0.15, 0.2) is 0 Å². The van der Waals surface area contributed by atoms with Crippen molar-refractivity contribution >= 4 is 5.78 Å². The van der Waals surface area contributed by atoms with E-state index in [2.05, 4.69) is 22.1 Å². The normalized spacial score (nSPS) is 19.8. The molecule has 174 valence electrons. The number of carbonyl (C=O) groups is 1. The molecule has 7 heteroatoms. The molecule has 1 fully saturated rings. The minimum Gasteiger partial charge on any atom is -0.347 e. The van der Waals surface area contributed by atoms with Crippen LogP contribution >= 0.6 is 0 Å². The Labute approximate surface area is 204 Å². The highest BCUT2D eigenvalue weighted by atomic mass is 16.5. The second-order valence-corrected chi connectivity index (χ2v) is 8.98. The van der Waals surface area contributed by atoms with Crippen LogP contribution in [0.25, 0.3) is 11.1 Å². The van der Waals surface area contributed by atoms with Crippen LogP contribution in [0.15, 0.2) is 79.0 Å². The van der Waals surface area contributed by atoms with Crippen molar-refractivity contribution in [2.75, 3.05) is 6.54 Å². The number of hydrogen-bond acceptors (Lipinski definition) is 7. The number of carbonyl (C=O) groups excluding carboxylic acids is 1. The fraction of sp³-hybridized carbons (Fsp3) is 0.214. The van der Waals surface area contributed by atoms with E-state index in [0.29, 0.717) is 24.2 Å². The third kappa shape index (κ3) is 4.26. The highest BCUT2D eigenvalue weighted by Crippen LogP contribution is 2.38. The van der Waals surface area contributed by atoms with Gasteiger partial charge in [-0.15, -0.1) is 0 Å². The van der Waals surface area contributed by atoms with Crippen molar-refractivity contribution in [3.8, 4) is 17.2 Å². The first-order valence-electron chi connectivity index (χ1n) is 11.5. The number of rotatable bonds is 4. The first-order valence-corrected chi connectivity index (χ1v) is 11.5. The summed E-state index contributed by atoms with van der Waals surface area (Å²) in [5.41, 5.74) is 6.67. The van der Waals surface area contributed by atoms with Gasteiger partial charge in [-0.1, -0.05) is 35.9 Å².